The summed E-state index contributed by atoms with van der Waals surface area (Å²) in [6, 6.07) is 3.92. The molecule has 1 saturated heterocycles. The summed E-state index contributed by atoms with van der Waals surface area (Å²) >= 11 is 0. The van der Waals surface area contributed by atoms with Crippen molar-refractivity contribution < 1.29 is 8.78 Å². The van der Waals surface area contributed by atoms with E-state index < -0.39 is 11.6 Å². The summed E-state index contributed by atoms with van der Waals surface area (Å²) in [6.45, 7) is 8.19. The van der Waals surface area contributed by atoms with Crippen molar-refractivity contribution in [3.8, 4) is 0 Å². The van der Waals surface area contributed by atoms with Gasteiger partial charge in [0.15, 0.2) is 11.6 Å². The number of piperazine rings is 1. The number of hydrogen-bond acceptors (Lipinski definition) is 3. The second-order valence-electron chi connectivity index (χ2n) is 5.17. The molecule has 1 heterocycles. The van der Waals surface area contributed by atoms with E-state index in [9.17, 15) is 8.78 Å². The molecule has 1 aromatic carbocycles. The molecule has 0 bridgehead atoms. The Kier molecular flexibility index (Phi) is 5.10. The number of anilines is 1. The molecule has 0 saturated carbocycles. The van der Waals surface area contributed by atoms with Crippen LogP contribution < -0.4 is 10.6 Å². The third-order valence-corrected chi connectivity index (χ3v) is 3.35. The molecule has 0 aromatic heterocycles. The van der Waals surface area contributed by atoms with E-state index >= 15 is 0 Å². The van der Waals surface area contributed by atoms with Gasteiger partial charge in [0.25, 0.3) is 0 Å². The summed E-state index contributed by atoms with van der Waals surface area (Å²) in [7, 11) is 0. The molecule has 106 valence electrons. The van der Waals surface area contributed by atoms with Gasteiger partial charge in [-0.2, -0.15) is 0 Å². The second-order valence-corrected chi connectivity index (χ2v) is 5.17. The number of benzene rings is 1. The fraction of sp³-hybridized carbons (Fsp3) is 0.571. The molecule has 1 fully saturated rings. The molecular weight excluding hydrogens is 248 g/mol. The Morgan fingerprint density at radius 3 is 2.68 bits per heavy atom. The zero-order valence-electron chi connectivity index (χ0n) is 11.3. The standard InChI is InChI=1S/C14H21F2N3/c1-11(10-19-6-4-17-5-7-19)9-18-12-2-3-13(15)14(16)8-12/h2-3,8,11,17-18H,4-7,9-10H2,1H3. The fourth-order valence-corrected chi connectivity index (χ4v) is 2.30. The maximum Gasteiger partial charge on any atom is 0.160 e. The van der Waals surface area contributed by atoms with Crippen molar-refractivity contribution in [1.29, 1.82) is 0 Å². The predicted octanol–water partition coefficient (Wildman–Crippen LogP) is 1.92. The zero-order valence-corrected chi connectivity index (χ0v) is 11.3. The summed E-state index contributed by atoms with van der Waals surface area (Å²) in [5, 5.41) is 6.48. The zero-order chi connectivity index (χ0) is 13.7. The second kappa shape index (κ2) is 6.82. The minimum Gasteiger partial charge on any atom is -0.385 e. The Bertz CT molecular complexity index is 406. The predicted molar refractivity (Wildman–Crippen MR) is 73.3 cm³/mol. The largest absolute Gasteiger partial charge is 0.385 e. The summed E-state index contributed by atoms with van der Waals surface area (Å²) < 4.78 is 25.8. The van der Waals surface area contributed by atoms with Crippen LogP contribution in [0.15, 0.2) is 18.2 Å². The minimum atomic E-state index is -0.806. The van der Waals surface area contributed by atoms with Gasteiger partial charge in [0.2, 0.25) is 0 Å². The summed E-state index contributed by atoms with van der Waals surface area (Å²) in [5.74, 6) is -1.15. The Morgan fingerprint density at radius 1 is 1.26 bits per heavy atom. The normalized spacial score (nSPS) is 18.3. The van der Waals surface area contributed by atoms with Gasteiger partial charge >= 0.3 is 0 Å². The smallest absolute Gasteiger partial charge is 0.160 e. The van der Waals surface area contributed by atoms with E-state index in [0.29, 0.717) is 11.6 Å². The molecule has 1 aliphatic heterocycles. The molecule has 0 radical (unpaired) electrons. The highest BCUT2D eigenvalue weighted by Gasteiger charge is 2.13. The van der Waals surface area contributed by atoms with Crippen molar-refractivity contribution in [3.63, 3.8) is 0 Å². The van der Waals surface area contributed by atoms with Crippen molar-refractivity contribution in [2.45, 2.75) is 6.92 Å². The van der Waals surface area contributed by atoms with Crippen molar-refractivity contribution >= 4 is 5.69 Å². The van der Waals surface area contributed by atoms with E-state index in [1.807, 2.05) is 0 Å². The topological polar surface area (TPSA) is 27.3 Å². The molecule has 2 N–H and O–H groups in total. The Labute approximate surface area is 113 Å². The van der Waals surface area contributed by atoms with Crippen LogP contribution in [0.4, 0.5) is 14.5 Å². The van der Waals surface area contributed by atoms with Crippen LogP contribution in [0.5, 0.6) is 0 Å². The van der Waals surface area contributed by atoms with Crippen molar-refractivity contribution in [2.75, 3.05) is 44.6 Å². The molecule has 1 unspecified atom stereocenters. The van der Waals surface area contributed by atoms with Crippen LogP contribution in [0.3, 0.4) is 0 Å². The number of halogens is 2. The molecule has 5 heteroatoms. The van der Waals surface area contributed by atoms with Gasteiger partial charge in [-0.1, -0.05) is 6.92 Å². The average molecular weight is 269 g/mol. The molecule has 19 heavy (non-hydrogen) atoms. The van der Waals surface area contributed by atoms with Gasteiger partial charge in [-0.25, -0.2) is 8.78 Å². The molecule has 0 amide bonds. The third kappa shape index (κ3) is 4.44. The lowest BCUT2D eigenvalue weighted by Gasteiger charge is -2.29. The summed E-state index contributed by atoms with van der Waals surface area (Å²) in [5.41, 5.74) is 0.631. The van der Waals surface area contributed by atoms with Crippen LogP contribution in [0, 0.1) is 17.6 Å². The lowest BCUT2D eigenvalue weighted by molar-refractivity contribution is 0.215. The van der Waals surface area contributed by atoms with E-state index in [0.717, 1.165) is 45.3 Å². The van der Waals surface area contributed by atoms with Gasteiger partial charge in [0, 0.05) is 45.0 Å². The van der Waals surface area contributed by atoms with Gasteiger partial charge < -0.3 is 15.5 Å². The molecule has 0 spiro atoms. The van der Waals surface area contributed by atoms with Crippen molar-refractivity contribution in [3.05, 3.63) is 29.8 Å². The highest BCUT2D eigenvalue weighted by Crippen LogP contribution is 2.13. The lowest BCUT2D eigenvalue weighted by atomic mass is 10.1. The maximum atomic E-state index is 13.0. The minimum absolute atomic E-state index is 0.464. The van der Waals surface area contributed by atoms with E-state index in [2.05, 4.69) is 22.5 Å². The molecule has 1 aliphatic rings. The Balaban J connectivity index is 1.75. The monoisotopic (exact) mass is 269 g/mol. The van der Waals surface area contributed by atoms with Gasteiger partial charge in [-0.05, 0) is 24.1 Å². The Hall–Kier alpha value is -1.20. The maximum absolute atomic E-state index is 13.0. The van der Waals surface area contributed by atoms with Crippen LogP contribution in [-0.4, -0.2) is 44.2 Å². The molecule has 1 atom stereocenters. The quantitative estimate of drug-likeness (QED) is 0.855. The summed E-state index contributed by atoms with van der Waals surface area (Å²) in [4.78, 5) is 2.42. The number of hydrogen-bond donors (Lipinski definition) is 2. The molecule has 0 aliphatic carbocycles. The SMILES string of the molecule is CC(CNc1ccc(F)c(F)c1)CN1CCNCC1. The summed E-state index contributed by atoms with van der Waals surface area (Å²) in [6.07, 6.45) is 0. The number of nitrogens with zero attached hydrogens (tertiary/aromatic N) is 1. The van der Waals surface area contributed by atoms with Gasteiger partial charge in [0.05, 0.1) is 0 Å². The highest BCUT2D eigenvalue weighted by atomic mass is 19.2. The molecule has 1 aromatic rings. The highest BCUT2D eigenvalue weighted by molar-refractivity contribution is 5.43. The van der Waals surface area contributed by atoms with Gasteiger partial charge in [-0.3, -0.25) is 0 Å². The van der Waals surface area contributed by atoms with Gasteiger partial charge in [-0.15, -0.1) is 0 Å². The first-order valence-electron chi connectivity index (χ1n) is 6.77. The first-order valence-corrected chi connectivity index (χ1v) is 6.77. The van der Waals surface area contributed by atoms with Crippen LogP contribution in [0.2, 0.25) is 0 Å². The van der Waals surface area contributed by atoms with Crippen LogP contribution in [0.1, 0.15) is 6.92 Å². The first kappa shape index (κ1) is 14.2. The number of rotatable bonds is 5. The number of nitrogens with one attached hydrogen (secondary N) is 2. The average Bonchev–Trinajstić information content (AvgIpc) is 2.41. The third-order valence-electron chi connectivity index (χ3n) is 3.35. The van der Waals surface area contributed by atoms with Gasteiger partial charge in [0.1, 0.15) is 0 Å². The van der Waals surface area contributed by atoms with Crippen molar-refractivity contribution in [2.24, 2.45) is 5.92 Å². The molecule has 3 nitrogen and oxygen atoms in total. The van der Waals surface area contributed by atoms with Crippen LogP contribution >= 0.6 is 0 Å². The van der Waals surface area contributed by atoms with Crippen LogP contribution in [-0.2, 0) is 0 Å². The van der Waals surface area contributed by atoms with E-state index in [1.165, 1.54) is 6.07 Å². The van der Waals surface area contributed by atoms with E-state index in [4.69, 9.17) is 0 Å². The van der Waals surface area contributed by atoms with Crippen molar-refractivity contribution in [1.82, 2.24) is 10.2 Å². The molecule has 2 rings (SSSR count). The Morgan fingerprint density at radius 2 is 2.00 bits per heavy atom. The first-order chi connectivity index (χ1) is 9.15. The van der Waals surface area contributed by atoms with E-state index in [-0.39, 0.29) is 0 Å². The lowest BCUT2D eigenvalue weighted by Crippen LogP contribution is -2.45. The van der Waals surface area contributed by atoms with E-state index in [1.54, 1.807) is 6.07 Å². The molecular formula is C14H21F2N3. The van der Waals surface area contributed by atoms with Crippen LogP contribution in [0.25, 0.3) is 0 Å². The fourth-order valence-electron chi connectivity index (χ4n) is 2.30.